The van der Waals surface area contributed by atoms with Crippen LogP contribution in [0.15, 0.2) is 0 Å². The first-order valence-electron chi connectivity index (χ1n) is 10.3. The molecule has 2 atom stereocenters. The van der Waals surface area contributed by atoms with Crippen molar-refractivity contribution in [2.45, 2.75) is 52.0 Å². The molecule has 2 unspecified atom stereocenters. The number of nitrogens with zero attached hydrogens (tertiary/aromatic N) is 3. The zero-order chi connectivity index (χ0) is 20.7. The summed E-state index contributed by atoms with van der Waals surface area (Å²) in [5.41, 5.74) is -1.44. The highest BCUT2D eigenvalue weighted by Crippen LogP contribution is 2.55. The fraction of sp³-hybridized carbons (Fsp3) is 0.842. The van der Waals surface area contributed by atoms with Gasteiger partial charge in [-0.2, -0.15) is 0 Å². The minimum atomic E-state index is -0.895. The molecule has 8 heteroatoms. The van der Waals surface area contributed by atoms with Crippen LogP contribution in [0.3, 0.4) is 0 Å². The number of carboxylic acid groups (broad SMARTS) is 1. The van der Waals surface area contributed by atoms with E-state index in [2.05, 4.69) is 0 Å². The van der Waals surface area contributed by atoms with Crippen molar-refractivity contribution in [2.75, 3.05) is 39.3 Å². The Morgan fingerprint density at radius 1 is 1.00 bits per heavy atom. The Bertz CT molecular complexity index is 636. The number of piperazine rings is 1. The van der Waals surface area contributed by atoms with E-state index in [-0.39, 0.29) is 18.0 Å². The molecule has 152 valence electrons. The molecule has 2 aliphatic heterocycles. The first kappa shape index (κ1) is 18.4. The number of amides is 3. The molecule has 0 aromatic carbocycles. The molecule has 0 radical (unpaired) electrons. The first-order chi connectivity index (χ1) is 13.0. The number of piperidine rings is 1. The van der Waals surface area contributed by atoms with Crippen LogP contribution in [-0.2, 0) is 9.53 Å². The second-order valence-electron chi connectivity index (χ2n) is 8.75. The summed E-state index contributed by atoms with van der Waals surface area (Å²) in [5, 5.41) is 9.49. The zero-order valence-electron chi connectivity index (χ0n) is 17.4. The molecule has 0 spiro atoms. The Morgan fingerprint density at radius 3 is 1.93 bits per heavy atom. The van der Waals surface area contributed by atoms with Gasteiger partial charge in [0.2, 0.25) is 0 Å². The lowest BCUT2D eigenvalue weighted by molar-refractivity contribution is -0.146. The predicted molar refractivity (Wildman–Crippen MR) is 98.4 cm³/mol. The number of carboxylic acids is 1. The van der Waals surface area contributed by atoms with Gasteiger partial charge in [-0.05, 0) is 52.3 Å². The largest absolute Gasteiger partial charge is 0.481 e. The third-order valence-corrected chi connectivity index (χ3v) is 5.74. The maximum Gasteiger partial charge on any atom is 0.410 e. The van der Waals surface area contributed by atoms with Crippen LogP contribution < -0.4 is 0 Å². The number of likely N-dealkylation sites (tertiary alicyclic amines) is 1. The highest BCUT2D eigenvalue weighted by molar-refractivity contribution is 5.78. The lowest BCUT2D eigenvalue weighted by Gasteiger charge is -2.40. The molecule has 3 fully saturated rings. The van der Waals surface area contributed by atoms with E-state index in [1.807, 2.05) is 20.8 Å². The average molecular weight is 382 g/mol. The summed E-state index contributed by atoms with van der Waals surface area (Å²) in [6.07, 6.45) is 0.816. The highest BCUT2D eigenvalue weighted by Gasteiger charge is 2.56. The van der Waals surface area contributed by atoms with Crippen LogP contribution in [0.5, 0.6) is 0 Å². The number of ether oxygens (including phenoxy) is 1. The van der Waals surface area contributed by atoms with Crippen molar-refractivity contribution in [3.63, 3.8) is 0 Å². The fourth-order valence-electron chi connectivity index (χ4n) is 3.99. The van der Waals surface area contributed by atoms with E-state index in [0.29, 0.717) is 58.5 Å². The number of carbonyl (C=O) groups is 3. The van der Waals surface area contributed by atoms with Gasteiger partial charge in [0.25, 0.3) is 0 Å². The summed E-state index contributed by atoms with van der Waals surface area (Å²) in [4.78, 5) is 41.7. The number of rotatable bonds is 2. The molecular weight excluding hydrogens is 350 g/mol. The summed E-state index contributed by atoms with van der Waals surface area (Å²) in [7, 11) is 0. The quantitative estimate of drug-likeness (QED) is 0.791. The molecule has 0 aromatic rings. The Balaban J connectivity index is 1.47. The van der Waals surface area contributed by atoms with Gasteiger partial charge in [-0.25, -0.2) is 9.59 Å². The van der Waals surface area contributed by atoms with E-state index in [1.54, 1.807) is 14.7 Å². The molecule has 1 aliphatic carbocycles. The van der Waals surface area contributed by atoms with Crippen molar-refractivity contribution < 1.29 is 25.6 Å². The smallest absolute Gasteiger partial charge is 0.410 e. The Kier molecular flexibility index (Phi) is 4.90. The predicted octanol–water partition coefficient (Wildman–Crippen LogP) is 2.24. The molecule has 0 bridgehead atoms. The van der Waals surface area contributed by atoms with Gasteiger partial charge in [0.1, 0.15) is 5.60 Å². The van der Waals surface area contributed by atoms with Gasteiger partial charge < -0.3 is 24.5 Å². The summed E-state index contributed by atoms with van der Waals surface area (Å²) in [6.45, 7) is 8.35. The van der Waals surface area contributed by atoms with Crippen LogP contribution in [0, 0.1) is 11.3 Å². The molecule has 3 amide bonds. The minimum absolute atomic E-state index is 0.0273. The van der Waals surface area contributed by atoms with Gasteiger partial charge in [0.05, 0.1) is 5.41 Å². The van der Waals surface area contributed by atoms with E-state index >= 15 is 0 Å². The van der Waals surface area contributed by atoms with E-state index in [1.165, 1.54) is 0 Å². The maximum atomic E-state index is 12.8. The standard InChI is InChI=1S/C19H31N3O5/c1-18(2,3)27-17(26)22-12-10-21(11-13-22)16(25)20-8-4-14(5-9-20)19(6-7-19)15(23)24/h14H,4-13H2,1-3H3,(H,23,24)/i6D. The van der Waals surface area contributed by atoms with Crippen molar-refractivity contribution in [3.05, 3.63) is 0 Å². The van der Waals surface area contributed by atoms with Gasteiger partial charge in [0.15, 0.2) is 0 Å². The van der Waals surface area contributed by atoms with Crippen LogP contribution in [0.2, 0.25) is 0 Å². The number of hydrogen-bond donors (Lipinski definition) is 1. The second kappa shape index (κ2) is 7.20. The Hall–Kier alpha value is -1.99. The van der Waals surface area contributed by atoms with E-state index in [4.69, 9.17) is 6.11 Å². The Morgan fingerprint density at radius 2 is 1.48 bits per heavy atom. The lowest BCUT2D eigenvalue weighted by atomic mass is 9.81. The van der Waals surface area contributed by atoms with Crippen molar-refractivity contribution in [2.24, 2.45) is 11.3 Å². The minimum Gasteiger partial charge on any atom is -0.481 e. The third-order valence-electron chi connectivity index (χ3n) is 5.74. The Labute approximate surface area is 161 Å². The van der Waals surface area contributed by atoms with Gasteiger partial charge in [-0.15, -0.1) is 0 Å². The average Bonchev–Trinajstić information content (AvgIpc) is 3.32. The van der Waals surface area contributed by atoms with E-state index in [9.17, 15) is 19.5 Å². The monoisotopic (exact) mass is 382 g/mol. The lowest BCUT2D eigenvalue weighted by Crippen LogP contribution is -2.55. The van der Waals surface area contributed by atoms with Gasteiger partial charge in [0, 0.05) is 40.6 Å². The molecular formula is C19H31N3O5. The van der Waals surface area contributed by atoms with Gasteiger partial charge in [-0.3, -0.25) is 4.79 Å². The topological polar surface area (TPSA) is 90.4 Å². The third kappa shape index (κ3) is 4.30. The van der Waals surface area contributed by atoms with Crippen LogP contribution >= 0.6 is 0 Å². The number of hydrogen-bond acceptors (Lipinski definition) is 4. The summed E-state index contributed by atoms with van der Waals surface area (Å²) in [5.74, 6) is -0.892. The fourth-order valence-corrected chi connectivity index (χ4v) is 3.99. The molecule has 0 aromatic heterocycles. The summed E-state index contributed by atoms with van der Waals surface area (Å²) >= 11 is 0. The first-order valence-corrected chi connectivity index (χ1v) is 9.72. The molecule has 2 heterocycles. The summed E-state index contributed by atoms with van der Waals surface area (Å²) in [6, 6.07) is -0.0510. The SMILES string of the molecule is [2H]C1CC1(C(=O)O)C1CCN(C(=O)N2CCN(C(=O)OC(C)(C)C)CC2)CC1. The van der Waals surface area contributed by atoms with Crippen LogP contribution in [0.1, 0.15) is 47.8 Å². The normalized spacial score (nSPS) is 30.0. The molecule has 8 nitrogen and oxygen atoms in total. The number of carbonyl (C=O) groups excluding carboxylic acids is 2. The molecule has 1 saturated carbocycles. The van der Waals surface area contributed by atoms with Gasteiger partial charge >= 0.3 is 18.1 Å². The zero-order valence-corrected chi connectivity index (χ0v) is 16.4. The highest BCUT2D eigenvalue weighted by atomic mass is 16.6. The summed E-state index contributed by atoms with van der Waals surface area (Å²) < 4.78 is 13.2. The van der Waals surface area contributed by atoms with Crippen LogP contribution in [0.4, 0.5) is 9.59 Å². The second-order valence-corrected chi connectivity index (χ2v) is 8.75. The molecule has 3 aliphatic rings. The van der Waals surface area contributed by atoms with E-state index < -0.39 is 23.4 Å². The van der Waals surface area contributed by atoms with Crippen molar-refractivity contribution >= 4 is 18.1 Å². The van der Waals surface area contributed by atoms with Crippen molar-refractivity contribution in [1.82, 2.24) is 14.7 Å². The van der Waals surface area contributed by atoms with Crippen molar-refractivity contribution in [1.29, 1.82) is 0 Å². The number of urea groups is 1. The van der Waals surface area contributed by atoms with Gasteiger partial charge in [-0.1, -0.05) is 0 Å². The number of aliphatic carboxylic acids is 1. The van der Waals surface area contributed by atoms with E-state index in [0.717, 1.165) is 0 Å². The maximum absolute atomic E-state index is 12.8. The van der Waals surface area contributed by atoms with Crippen LogP contribution in [0.25, 0.3) is 0 Å². The van der Waals surface area contributed by atoms with Crippen molar-refractivity contribution in [3.8, 4) is 0 Å². The molecule has 1 N–H and O–H groups in total. The molecule has 3 rings (SSSR count). The molecule has 2 saturated heterocycles. The van der Waals surface area contributed by atoms with Crippen LogP contribution in [-0.4, -0.2) is 82.8 Å². The molecule has 27 heavy (non-hydrogen) atoms.